The number of methoxy groups -OCH3 is 1. The topological polar surface area (TPSA) is 123 Å². The number of nitrogens with one attached hydrogen (secondary N) is 2. The largest absolute Gasteiger partial charge is 0.490 e. The zero-order chi connectivity index (χ0) is 16.1. The van der Waals surface area contributed by atoms with E-state index in [1.165, 1.54) is 31.7 Å². The van der Waals surface area contributed by atoms with Crippen LogP contribution in [-0.4, -0.2) is 28.4 Å². The third-order valence-electron chi connectivity index (χ3n) is 2.59. The number of hydrogen-bond acceptors (Lipinski definition) is 7. The zero-order valence-corrected chi connectivity index (χ0v) is 12.0. The van der Waals surface area contributed by atoms with Crippen molar-refractivity contribution >= 4 is 29.2 Å². The van der Waals surface area contributed by atoms with Crippen LogP contribution in [0.4, 0.5) is 11.4 Å². The van der Waals surface area contributed by atoms with Gasteiger partial charge in [0.25, 0.3) is 5.56 Å². The molecule has 10 heteroatoms. The van der Waals surface area contributed by atoms with E-state index < -0.39 is 10.5 Å². The Hall–Kier alpha value is -2.94. The molecule has 2 N–H and O–H groups in total. The maximum atomic E-state index is 11.2. The average Bonchev–Trinajstić information content (AvgIpc) is 2.51. The molecule has 0 aliphatic heterocycles. The number of hydrogen-bond donors (Lipinski definition) is 2. The van der Waals surface area contributed by atoms with E-state index in [0.717, 1.165) is 0 Å². The number of aromatic nitrogens is 2. The molecule has 0 amide bonds. The van der Waals surface area contributed by atoms with Gasteiger partial charge in [-0.05, 0) is 12.1 Å². The number of halogens is 1. The fourth-order valence-corrected chi connectivity index (χ4v) is 1.70. The van der Waals surface area contributed by atoms with Gasteiger partial charge in [-0.1, -0.05) is 11.6 Å². The highest BCUT2D eigenvalue weighted by atomic mass is 35.5. The van der Waals surface area contributed by atoms with E-state index in [9.17, 15) is 14.9 Å². The second-order valence-electron chi connectivity index (χ2n) is 3.99. The maximum absolute atomic E-state index is 11.2. The fraction of sp³-hybridized carbons (Fsp3) is 0.0833. The van der Waals surface area contributed by atoms with Crippen LogP contribution in [0.3, 0.4) is 0 Å². The summed E-state index contributed by atoms with van der Waals surface area (Å²) in [5, 5.41) is 20.4. The molecule has 9 nitrogen and oxygen atoms in total. The number of rotatable bonds is 5. The molecule has 0 bridgehead atoms. The molecule has 0 unspecified atom stereocenters. The Morgan fingerprint density at radius 3 is 3.00 bits per heavy atom. The first kappa shape index (κ1) is 15.4. The number of benzene rings is 1. The lowest BCUT2D eigenvalue weighted by Crippen LogP contribution is -2.10. The Bertz CT molecular complexity index is 789. The van der Waals surface area contributed by atoms with Crippen LogP contribution in [-0.2, 0) is 0 Å². The summed E-state index contributed by atoms with van der Waals surface area (Å²) in [6.07, 6.45) is 2.63. The number of ether oxygens (including phenoxy) is 1. The Morgan fingerprint density at radius 1 is 1.55 bits per heavy atom. The summed E-state index contributed by atoms with van der Waals surface area (Å²) in [4.78, 5) is 21.6. The summed E-state index contributed by atoms with van der Waals surface area (Å²) in [5.41, 5.74) is 2.48. The third-order valence-corrected chi connectivity index (χ3v) is 2.97. The van der Waals surface area contributed by atoms with Crippen molar-refractivity contribution < 1.29 is 9.66 Å². The monoisotopic (exact) mass is 323 g/mol. The molecule has 2 rings (SSSR count). The Labute approximate surface area is 128 Å². The quantitative estimate of drug-likeness (QED) is 0.491. The summed E-state index contributed by atoms with van der Waals surface area (Å²) in [6.45, 7) is 0. The van der Waals surface area contributed by atoms with Gasteiger partial charge in [-0.15, -0.1) is 0 Å². The summed E-state index contributed by atoms with van der Waals surface area (Å²) >= 11 is 5.76. The van der Waals surface area contributed by atoms with Gasteiger partial charge in [0.2, 0.25) is 0 Å². The van der Waals surface area contributed by atoms with Crippen molar-refractivity contribution in [1.29, 1.82) is 0 Å². The van der Waals surface area contributed by atoms with Gasteiger partial charge in [-0.25, -0.2) is 5.10 Å². The van der Waals surface area contributed by atoms with Crippen LogP contribution in [0.2, 0.25) is 5.02 Å². The van der Waals surface area contributed by atoms with Crippen molar-refractivity contribution in [2.24, 2.45) is 5.10 Å². The van der Waals surface area contributed by atoms with E-state index in [0.29, 0.717) is 5.56 Å². The summed E-state index contributed by atoms with van der Waals surface area (Å²) in [5.74, 6) is 0.150. The standard InChI is InChI=1S/C12H10ClN5O4/c1-22-10-3-2-7(4-9(10)18(20)21)5-14-16-8-6-15-17-12(19)11(8)13/h2-6H,1H3,(H2,16,17,19)/b14-5+. The van der Waals surface area contributed by atoms with E-state index in [-0.39, 0.29) is 22.1 Å². The molecule has 22 heavy (non-hydrogen) atoms. The van der Waals surface area contributed by atoms with Crippen LogP contribution < -0.4 is 15.7 Å². The first-order valence-corrected chi connectivity index (χ1v) is 6.25. The van der Waals surface area contributed by atoms with E-state index in [2.05, 4.69) is 20.7 Å². The minimum absolute atomic E-state index is 0.0899. The second-order valence-corrected chi connectivity index (χ2v) is 4.36. The molecule has 0 atom stereocenters. The fourth-order valence-electron chi connectivity index (χ4n) is 1.57. The van der Waals surface area contributed by atoms with Gasteiger partial charge in [-0.3, -0.25) is 20.3 Å². The van der Waals surface area contributed by atoms with E-state index >= 15 is 0 Å². The lowest BCUT2D eigenvalue weighted by atomic mass is 10.2. The van der Waals surface area contributed by atoms with E-state index in [4.69, 9.17) is 16.3 Å². The molecule has 114 valence electrons. The minimum Gasteiger partial charge on any atom is -0.490 e. The lowest BCUT2D eigenvalue weighted by Gasteiger charge is -2.02. The normalized spacial score (nSPS) is 10.6. The van der Waals surface area contributed by atoms with E-state index in [1.807, 2.05) is 0 Å². The molecule has 0 saturated heterocycles. The molecule has 0 saturated carbocycles. The van der Waals surface area contributed by atoms with Crippen LogP contribution in [0.5, 0.6) is 5.75 Å². The number of nitro groups is 1. The molecule has 0 radical (unpaired) electrons. The number of nitrogens with zero attached hydrogens (tertiary/aromatic N) is 3. The van der Waals surface area contributed by atoms with Crippen LogP contribution in [0.25, 0.3) is 0 Å². The molecule has 1 heterocycles. The third kappa shape index (κ3) is 3.38. The van der Waals surface area contributed by atoms with Gasteiger partial charge >= 0.3 is 5.69 Å². The Balaban J connectivity index is 2.20. The van der Waals surface area contributed by atoms with Crippen molar-refractivity contribution in [2.75, 3.05) is 12.5 Å². The van der Waals surface area contributed by atoms with Crippen LogP contribution in [0, 0.1) is 10.1 Å². The number of hydrazone groups is 1. The Kier molecular flexibility index (Phi) is 4.69. The molecular formula is C12H10ClN5O4. The van der Waals surface area contributed by atoms with Crippen molar-refractivity contribution in [3.05, 3.63) is 55.5 Å². The van der Waals surface area contributed by atoms with Crippen molar-refractivity contribution in [3.63, 3.8) is 0 Å². The summed E-state index contributed by atoms with van der Waals surface area (Å²) < 4.78 is 4.90. The van der Waals surface area contributed by atoms with Crippen LogP contribution in [0.15, 0.2) is 34.3 Å². The smallest absolute Gasteiger partial charge is 0.311 e. The van der Waals surface area contributed by atoms with Crippen molar-refractivity contribution in [2.45, 2.75) is 0 Å². The molecule has 1 aromatic heterocycles. The van der Waals surface area contributed by atoms with Crippen molar-refractivity contribution in [3.8, 4) is 5.75 Å². The van der Waals surface area contributed by atoms with Gasteiger partial charge in [0.1, 0.15) is 10.7 Å². The van der Waals surface area contributed by atoms with Gasteiger partial charge in [0.05, 0.1) is 24.4 Å². The molecule has 0 aliphatic carbocycles. The predicted molar refractivity (Wildman–Crippen MR) is 80.7 cm³/mol. The highest BCUT2D eigenvalue weighted by Gasteiger charge is 2.14. The predicted octanol–water partition coefficient (Wildman–Crippen LogP) is 1.79. The molecule has 1 aromatic carbocycles. The van der Waals surface area contributed by atoms with Gasteiger partial charge in [-0.2, -0.15) is 10.2 Å². The maximum Gasteiger partial charge on any atom is 0.311 e. The molecule has 0 aliphatic rings. The first-order chi connectivity index (χ1) is 10.5. The van der Waals surface area contributed by atoms with E-state index in [1.54, 1.807) is 6.07 Å². The number of H-pyrrole nitrogens is 1. The zero-order valence-electron chi connectivity index (χ0n) is 11.2. The molecular weight excluding hydrogens is 314 g/mol. The summed E-state index contributed by atoms with van der Waals surface area (Å²) in [7, 11) is 1.35. The van der Waals surface area contributed by atoms with Gasteiger partial charge < -0.3 is 4.74 Å². The number of anilines is 1. The lowest BCUT2D eigenvalue weighted by molar-refractivity contribution is -0.385. The van der Waals surface area contributed by atoms with Gasteiger partial charge in [0.15, 0.2) is 5.75 Å². The average molecular weight is 324 g/mol. The highest BCUT2D eigenvalue weighted by Crippen LogP contribution is 2.26. The van der Waals surface area contributed by atoms with Gasteiger partial charge in [0, 0.05) is 11.6 Å². The van der Waals surface area contributed by atoms with Crippen LogP contribution >= 0.6 is 11.6 Å². The number of aromatic amines is 1. The van der Waals surface area contributed by atoms with Crippen LogP contribution in [0.1, 0.15) is 5.56 Å². The van der Waals surface area contributed by atoms with Crippen molar-refractivity contribution in [1.82, 2.24) is 10.2 Å². The second kappa shape index (κ2) is 6.68. The SMILES string of the molecule is COc1ccc(/C=N/Nc2cn[nH]c(=O)c2Cl)cc1[N+](=O)[O-]. The highest BCUT2D eigenvalue weighted by molar-refractivity contribution is 6.32. The minimum atomic E-state index is -0.554. The first-order valence-electron chi connectivity index (χ1n) is 5.87. The summed E-state index contributed by atoms with van der Waals surface area (Å²) in [6, 6.07) is 4.36. The molecule has 0 spiro atoms. The number of nitro benzene ring substituents is 1. The Morgan fingerprint density at radius 2 is 2.32 bits per heavy atom. The molecule has 0 fully saturated rings. The molecule has 2 aromatic rings.